The second-order valence-corrected chi connectivity index (χ2v) is 9.16. The van der Waals surface area contributed by atoms with Crippen LogP contribution in [-0.4, -0.2) is 57.2 Å². The smallest absolute Gasteiger partial charge is 0.281 e. The molecule has 3 fully saturated rings. The van der Waals surface area contributed by atoms with Crippen LogP contribution in [0.25, 0.3) is 5.70 Å². The predicted octanol–water partition coefficient (Wildman–Crippen LogP) is 2.21. The first-order valence-electron chi connectivity index (χ1n) is 11.5. The lowest BCUT2D eigenvalue weighted by Crippen LogP contribution is -2.55. The van der Waals surface area contributed by atoms with Gasteiger partial charge in [-0.1, -0.05) is 11.8 Å². The molecule has 4 rings (SSSR count). The average Bonchev–Trinajstić information content (AvgIpc) is 3.41. The van der Waals surface area contributed by atoms with Crippen molar-refractivity contribution in [3.8, 4) is 0 Å². The van der Waals surface area contributed by atoms with Gasteiger partial charge in [-0.3, -0.25) is 4.98 Å². The molecule has 2 unspecified atom stereocenters. The van der Waals surface area contributed by atoms with Crippen LogP contribution in [0.15, 0.2) is 36.3 Å². The van der Waals surface area contributed by atoms with Gasteiger partial charge in [0.1, 0.15) is 5.69 Å². The van der Waals surface area contributed by atoms with Gasteiger partial charge >= 0.3 is 0 Å². The Morgan fingerprint density at radius 2 is 1.73 bits per heavy atom. The fraction of sp³-hybridized carbons (Fsp3) is 0.609. The lowest BCUT2D eigenvalue weighted by molar-refractivity contribution is 0.0375. The zero-order valence-corrected chi connectivity index (χ0v) is 19.0. The molecule has 1 saturated carbocycles. The largest absolute Gasteiger partial charge is 0.398 e. The van der Waals surface area contributed by atoms with Gasteiger partial charge in [-0.05, 0) is 67.7 Å². The lowest BCUT2D eigenvalue weighted by atomic mass is 9.52. The number of rotatable bonds is 5. The summed E-state index contributed by atoms with van der Waals surface area (Å²) in [5.74, 6) is 2.17. The topological polar surface area (TPSA) is 103 Å². The molecule has 6 nitrogen and oxygen atoms in total. The maximum absolute atomic E-state index is 12.6. The molecule has 2 aliphatic heterocycles. The Balaban J connectivity index is 0.000000186. The van der Waals surface area contributed by atoms with Crippen LogP contribution in [0.5, 0.6) is 0 Å². The van der Waals surface area contributed by atoms with Crippen LogP contribution in [0.2, 0.25) is 0 Å². The molecule has 33 heavy (non-hydrogen) atoms. The minimum Gasteiger partial charge on any atom is -0.398 e. The fourth-order valence-corrected chi connectivity index (χ4v) is 5.08. The van der Waals surface area contributed by atoms with Gasteiger partial charge in [-0.15, -0.1) is 0 Å². The first-order valence-corrected chi connectivity index (χ1v) is 11.5. The Morgan fingerprint density at radius 1 is 1.09 bits per heavy atom. The van der Waals surface area contributed by atoms with Crippen molar-refractivity contribution in [1.29, 1.82) is 0 Å². The van der Waals surface area contributed by atoms with Gasteiger partial charge in [0.05, 0.1) is 21.5 Å². The minimum absolute atomic E-state index is 0.0467. The Kier molecular flexibility index (Phi) is 8.81. The van der Waals surface area contributed by atoms with Crippen molar-refractivity contribution in [2.45, 2.75) is 43.9 Å². The molecular weight excluding hydrogens is 422 g/mol. The van der Waals surface area contributed by atoms with Gasteiger partial charge in [-0.25, -0.2) is 8.78 Å². The monoisotopic (exact) mass is 455 g/mol. The molecule has 1 aliphatic carbocycles. The molecule has 2 atom stereocenters. The zero-order valence-electron chi connectivity index (χ0n) is 19.0. The molecule has 176 valence electrons. The summed E-state index contributed by atoms with van der Waals surface area (Å²) in [6, 6.07) is 2.98. The van der Waals surface area contributed by atoms with Gasteiger partial charge < -0.3 is 26.8 Å². The van der Waals surface area contributed by atoms with Gasteiger partial charge in [0.15, 0.2) is 0 Å². The van der Waals surface area contributed by atoms with Crippen molar-refractivity contribution in [2.75, 3.05) is 26.3 Å². The van der Waals surface area contributed by atoms with E-state index in [2.05, 4.69) is 9.88 Å². The van der Waals surface area contributed by atoms with E-state index in [4.69, 9.17) is 37.6 Å². The van der Waals surface area contributed by atoms with Crippen molar-refractivity contribution in [3.63, 3.8) is 0 Å². The molecule has 1 aromatic rings. The number of nitrogens with zero attached hydrogens (tertiary/aromatic N) is 2. The van der Waals surface area contributed by atoms with Gasteiger partial charge in [0.25, 0.3) is 6.43 Å². The third kappa shape index (κ3) is 6.51. The molecule has 0 amide bonds. The van der Waals surface area contributed by atoms with E-state index < -0.39 is 11.8 Å². The second-order valence-electron chi connectivity index (χ2n) is 9.16. The summed E-state index contributed by atoms with van der Waals surface area (Å²) in [5.41, 5.74) is 15.9. The average molecular weight is 455 g/mol. The quantitative estimate of drug-likeness (QED) is 0.465. The van der Waals surface area contributed by atoms with Gasteiger partial charge in [0.2, 0.25) is 0 Å². The third-order valence-electron chi connectivity index (χ3n) is 6.96. The number of nitrogens with two attached hydrogens (primary N) is 3. The third-order valence-corrected chi connectivity index (χ3v) is 6.96. The number of fused-ring (bicyclic) bond motifs is 1. The summed E-state index contributed by atoms with van der Waals surface area (Å²) in [7, 11) is 12.9. The zero-order chi connectivity index (χ0) is 24.0. The van der Waals surface area contributed by atoms with Crippen LogP contribution >= 0.6 is 0 Å². The summed E-state index contributed by atoms with van der Waals surface area (Å²) < 4.78 is 30.6. The molecule has 0 aromatic carbocycles. The van der Waals surface area contributed by atoms with Crippen LogP contribution in [0, 0.1) is 17.8 Å². The highest BCUT2D eigenvalue weighted by Crippen LogP contribution is 2.41. The summed E-state index contributed by atoms with van der Waals surface area (Å²) in [6.45, 7) is 3.88. The van der Waals surface area contributed by atoms with Crippen LogP contribution in [0.3, 0.4) is 0 Å². The Morgan fingerprint density at radius 3 is 2.30 bits per heavy atom. The molecule has 10 heteroatoms. The van der Waals surface area contributed by atoms with Crippen molar-refractivity contribution < 1.29 is 13.5 Å². The predicted molar refractivity (Wildman–Crippen MR) is 128 cm³/mol. The number of alkyl halides is 2. The fourth-order valence-electron chi connectivity index (χ4n) is 5.08. The first-order chi connectivity index (χ1) is 15.7. The van der Waals surface area contributed by atoms with E-state index in [1.54, 1.807) is 0 Å². The minimum atomic E-state index is -2.68. The number of hydrogen-bond acceptors (Lipinski definition) is 6. The second kappa shape index (κ2) is 11.4. The SMILES string of the molecule is NC(N)=C/C=C(\N)c1cccnc1C(F)F.[B]C([B])(C1CCOCC1)N1CC2CCCC2C1. The van der Waals surface area contributed by atoms with Crippen LogP contribution in [0.4, 0.5) is 8.78 Å². The molecule has 6 N–H and O–H groups in total. The molecule has 0 bridgehead atoms. The molecule has 3 heterocycles. The van der Waals surface area contributed by atoms with E-state index in [1.165, 1.54) is 49.7 Å². The summed E-state index contributed by atoms with van der Waals surface area (Å²) in [4.78, 5) is 5.93. The summed E-state index contributed by atoms with van der Waals surface area (Å²) >= 11 is 0. The number of likely N-dealkylation sites (tertiary alicyclic amines) is 1. The van der Waals surface area contributed by atoms with Crippen LogP contribution in [0.1, 0.15) is 49.8 Å². The van der Waals surface area contributed by atoms with E-state index in [9.17, 15) is 8.78 Å². The number of hydrogen-bond donors (Lipinski definition) is 3. The van der Waals surface area contributed by atoms with E-state index in [0.717, 1.165) is 51.0 Å². The highest BCUT2D eigenvalue weighted by atomic mass is 19.3. The Labute approximate surface area is 197 Å². The van der Waals surface area contributed by atoms with Gasteiger partial charge in [0, 0.05) is 43.8 Å². The van der Waals surface area contributed by atoms with Crippen LogP contribution in [-0.2, 0) is 4.74 Å². The van der Waals surface area contributed by atoms with Crippen molar-refractivity contribution in [3.05, 3.63) is 47.6 Å². The van der Waals surface area contributed by atoms with Crippen molar-refractivity contribution >= 4 is 21.4 Å². The molecule has 3 aliphatic rings. The maximum atomic E-state index is 12.6. The number of allylic oxidation sites excluding steroid dienone is 2. The van der Waals surface area contributed by atoms with Crippen molar-refractivity contribution in [2.24, 2.45) is 35.0 Å². The summed E-state index contributed by atoms with van der Waals surface area (Å²) in [6.07, 6.45) is 7.49. The van der Waals surface area contributed by atoms with Gasteiger partial charge in [-0.2, -0.15) is 0 Å². The molecule has 1 aromatic heterocycles. The normalized spacial score (nSPS) is 24.3. The number of ether oxygens (including phenoxy) is 1. The van der Waals surface area contributed by atoms with Crippen LogP contribution < -0.4 is 17.2 Å². The van der Waals surface area contributed by atoms with E-state index in [1.807, 2.05) is 0 Å². The van der Waals surface area contributed by atoms with E-state index in [0.29, 0.717) is 5.92 Å². The standard InChI is InChI=1S/C13H21B2NO.C10H12F2N4/c14-13(15,12-4-6-17-7-5-12)16-8-10-2-1-3-11(10)9-16;11-10(12)9-6(2-1-5-16-9)7(13)3-4-8(14)15/h10-12H,1-9H2;1-5,10H,13-15H2/b;7-3-. The Hall–Kier alpha value is -2.06. The van der Waals surface area contributed by atoms with E-state index in [-0.39, 0.29) is 22.8 Å². The molecule has 4 radical (unpaired) electrons. The highest BCUT2D eigenvalue weighted by Gasteiger charge is 2.43. The number of pyridine rings is 1. The maximum Gasteiger partial charge on any atom is 0.281 e. The summed E-state index contributed by atoms with van der Waals surface area (Å²) in [5, 5.41) is -0.603. The van der Waals surface area contributed by atoms with Crippen molar-refractivity contribution in [1.82, 2.24) is 9.88 Å². The highest BCUT2D eigenvalue weighted by molar-refractivity contribution is 6.40. The lowest BCUT2D eigenvalue weighted by Gasteiger charge is -2.45. The molecular formula is C23H33B2F2N5O. The molecule has 2 saturated heterocycles. The number of halogens is 2. The number of aromatic nitrogens is 1. The van der Waals surface area contributed by atoms with E-state index >= 15 is 0 Å². The molecule has 0 spiro atoms. The Bertz CT molecular complexity index is 830. The first kappa shape index (κ1) is 25.6.